The molecule has 0 atom stereocenters. The molecular weight excluding hydrogens is 166 g/mol. The van der Waals surface area contributed by atoms with Gasteiger partial charge in [-0.15, -0.1) is 0 Å². The molecule has 1 rings (SSSR count). The van der Waals surface area contributed by atoms with Crippen molar-refractivity contribution in [3.8, 4) is 0 Å². The number of carbonyl (C=O) groups is 2. The van der Waals surface area contributed by atoms with Crippen molar-refractivity contribution in [2.24, 2.45) is 0 Å². The van der Waals surface area contributed by atoms with Gasteiger partial charge in [0.05, 0.1) is 13.2 Å². The molecule has 5 heteroatoms. The quantitative estimate of drug-likeness (QED) is 0.645. The minimum absolute atomic E-state index is 0.130. The Morgan fingerprint density at radius 3 is 2.82 bits per heavy atom. The minimum atomic E-state index is -0.240. The van der Waals surface area contributed by atoms with Gasteiger partial charge < -0.3 is 5.11 Å². The van der Waals surface area contributed by atoms with Crippen molar-refractivity contribution in [2.75, 3.05) is 18.9 Å². The van der Waals surface area contributed by atoms with Gasteiger partial charge >= 0.3 is 0 Å². The van der Waals surface area contributed by atoms with Gasteiger partial charge in [0.2, 0.25) is 5.91 Å². The monoisotopic (exact) mass is 175 g/mol. The summed E-state index contributed by atoms with van der Waals surface area (Å²) in [5.41, 5.74) is 0. The zero-order valence-electron chi connectivity index (χ0n) is 5.95. The van der Waals surface area contributed by atoms with Crippen molar-refractivity contribution in [3.05, 3.63) is 0 Å². The van der Waals surface area contributed by atoms with Gasteiger partial charge in [-0.05, 0) is 0 Å². The number of aliphatic hydroxyl groups excluding tert-OH is 1. The van der Waals surface area contributed by atoms with E-state index in [-0.39, 0.29) is 24.3 Å². The number of hydrogen-bond donors (Lipinski definition) is 1. The van der Waals surface area contributed by atoms with E-state index in [1.54, 1.807) is 0 Å². The molecule has 1 N–H and O–H groups in total. The average molecular weight is 175 g/mol. The SMILES string of the molecule is O=C1CCSC(=O)N1CCO. The summed E-state index contributed by atoms with van der Waals surface area (Å²) >= 11 is 1.12. The van der Waals surface area contributed by atoms with Crippen LogP contribution in [0.4, 0.5) is 4.79 Å². The highest BCUT2D eigenvalue weighted by Crippen LogP contribution is 2.17. The second-order valence-corrected chi connectivity index (χ2v) is 3.18. The Labute approximate surface area is 68.6 Å². The highest BCUT2D eigenvalue weighted by atomic mass is 32.2. The maximum Gasteiger partial charge on any atom is 0.288 e. The van der Waals surface area contributed by atoms with Crippen molar-refractivity contribution >= 4 is 22.9 Å². The summed E-state index contributed by atoms with van der Waals surface area (Å²) in [5.74, 6) is 0.391. The number of amides is 2. The van der Waals surface area contributed by atoms with E-state index in [0.29, 0.717) is 12.2 Å². The Hall–Kier alpha value is -0.550. The molecule has 4 nitrogen and oxygen atoms in total. The van der Waals surface area contributed by atoms with Crippen LogP contribution in [0.25, 0.3) is 0 Å². The number of β-amino-alcohol motifs (C(OH)–C–C–N with tert-alkyl or cyclic N) is 1. The number of thioether (sulfide) groups is 1. The van der Waals surface area contributed by atoms with E-state index in [2.05, 4.69) is 0 Å². The maximum absolute atomic E-state index is 11.0. The molecule has 62 valence electrons. The Morgan fingerprint density at radius 1 is 1.55 bits per heavy atom. The number of carbonyl (C=O) groups excluding carboxylic acids is 2. The number of hydrogen-bond acceptors (Lipinski definition) is 4. The van der Waals surface area contributed by atoms with Crippen LogP contribution in [0.1, 0.15) is 6.42 Å². The van der Waals surface area contributed by atoms with Crippen LogP contribution in [0.15, 0.2) is 0 Å². The summed E-state index contributed by atoms with van der Waals surface area (Å²) < 4.78 is 0. The summed E-state index contributed by atoms with van der Waals surface area (Å²) in [5, 5.41) is 8.26. The molecule has 11 heavy (non-hydrogen) atoms. The van der Waals surface area contributed by atoms with Gasteiger partial charge in [0, 0.05) is 12.2 Å². The largest absolute Gasteiger partial charge is 0.395 e. The molecule has 0 aromatic rings. The number of aliphatic hydroxyl groups is 1. The lowest BCUT2D eigenvalue weighted by atomic mass is 10.4. The predicted octanol–water partition coefficient (Wildman–Crippen LogP) is 0.0642. The van der Waals surface area contributed by atoms with Crippen LogP contribution in [0.2, 0.25) is 0 Å². The number of nitrogens with zero attached hydrogens (tertiary/aromatic N) is 1. The minimum Gasteiger partial charge on any atom is -0.395 e. The summed E-state index contributed by atoms with van der Waals surface area (Å²) in [6.07, 6.45) is 0.399. The molecular formula is C6H9NO3S. The van der Waals surface area contributed by atoms with Crippen molar-refractivity contribution < 1.29 is 14.7 Å². The first-order valence-corrected chi connectivity index (χ1v) is 4.32. The third-order valence-electron chi connectivity index (χ3n) is 1.39. The van der Waals surface area contributed by atoms with Gasteiger partial charge in [0.15, 0.2) is 0 Å². The topological polar surface area (TPSA) is 57.6 Å². The van der Waals surface area contributed by atoms with E-state index < -0.39 is 0 Å². The van der Waals surface area contributed by atoms with E-state index in [1.807, 2.05) is 0 Å². The molecule has 1 aliphatic rings. The van der Waals surface area contributed by atoms with Crippen molar-refractivity contribution in [1.29, 1.82) is 0 Å². The van der Waals surface area contributed by atoms with Gasteiger partial charge in [0.25, 0.3) is 5.24 Å². The molecule has 0 radical (unpaired) electrons. The fourth-order valence-electron chi connectivity index (χ4n) is 0.856. The highest BCUT2D eigenvalue weighted by Gasteiger charge is 2.25. The molecule has 0 spiro atoms. The van der Waals surface area contributed by atoms with Crippen LogP contribution < -0.4 is 0 Å². The fourth-order valence-corrected chi connectivity index (χ4v) is 1.66. The summed E-state index contributed by atoms with van der Waals surface area (Å²) in [6.45, 7) is -0.0251. The Balaban J connectivity index is 2.55. The first kappa shape index (κ1) is 8.55. The van der Waals surface area contributed by atoms with Crippen molar-refractivity contribution in [2.45, 2.75) is 6.42 Å². The lowest BCUT2D eigenvalue weighted by molar-refractivity contribution is -0.128. The molecule has 1 fully saturated rings. The summed E-state index contributed by atoms with van der Waals surface area (Å²) in [6, 6.07) is 0. The van der Waals surface area contributed by atoms with Crippen LogP contribution in [0.5, 0.6) is 0 Å². The van der Waals surface area contributed by atoms with Crippen LogP contribution in [0.3, 0.4) is 0 Å². The summed E-state index contributed by atoms with van der Waals surface area (Å²) in [4.78, 5) is 23.0. The fraction of sp³-hybridized carbons (Fsp3) is 0.667. The van der Waals surface area contributed by atoms with E-state index >= 15 is 0 Å². The van der Waals surface area contributed by atoms with Crippen LogP contribution in [-0.4, -0.2) is 40.1 Å². The second-order valence-electron chi connectivity index (χ2n) is 2.13. The second kappa shape index (κ2) is 3.73. The van der Waals surface area contributed by atoms with Gasteiger partial charge in [0.1, 0.15) is 0 Å². The van der Waals surface area contributed by atoms with E-state index in [9.17, 15) is 9.59 Å². The first-order valence-electron chi connectivity index (χ1n) is 3.33. The maximum atomic E-state index is 11.0. The third kappa shape index (κ3) is 1.94. The predicted molar refractivity (Wildman–Crippen MR) is 41.3 cm³/mol. The standard InChI is InChI=1S/C6H9NO3S/c8-3-2-7-5(9)1-4-11-6(7)10/h8H,1-4H2. The lowest BCUT2D eigenvalue weighted by Crippen LogP contribution is -2.39. The zero-order valence-corrected chi connectivity index (χ0v) is 6.76. The van der Waals surface area contributed by atoms with Crippen LogP contribution in [-0.2, 0) is 4.79 Å². The molecule has 2 amide bonds. The average Bonchev–Trinajstić information content (AvgIpc) is 1.97. The molecule has 1 heterocycles. The molecule has 0 aliphatic carbocycles. The number of imide groups is 1. The van der Waals surface area contributed by atoms with Gasteiger partial charge in [-0.25, -0.2) is 0 Å². The van der Waals surface area contributed by atoms with E-state index in [0.717, 1.165) is 16.7 Å². The Bertz CT molecular complexity index is 167. The van der Waals surface area contributed by atoms with Crippen LogP contribution >= 0.6 is 11.8 Å². The van der Waals surface area contributed by atoms with Gasteiger partial charge in [-0.3, -0.25) is 14.5 Å². The Kier molecular flexibility index (Phi) is 2.90. The van der Waals surface area contributed by atoms with Crippen LogP contribution in [0, 0.1) is 0 Å². The molecule has 0 aromatic carbocycles. The first-order chi connectivity index (χ1) is 5.25. The number of rotatable bonds is 2. The van der Waals surface area contributed by atoms with Gasteiger partial charge in [-0.2, -0.15) is 0 Å². The molecule has 0 bridgehead atoms. The molecule has 0 saturated carbocycles. The highest BCUT2D eigenvalue weighted by molar-refractivity contribution is 8.13. The summed E-state index contributed by atoms with van der Waals surface area (Å²) in [7, 11) is 0. The molecule has 1 aliphatic heterocycles. The third-order valence-corrected chi connectivity index (χ3v) is 2.26. The molecule has 1 saturated heterocycles. The Morgan fingerprint density at radius 2 is 2.27 bits per heavy atom. The molecule has 0 unspecified atom stereocenters. The molecule has 0 aromatic heterocycles. The van der Waals surface area contributed by atoms with Gasteiger partial charge in [-0.1, -0.05) is 11.8 Å². The van der Waals surface area contributed by atoms with E-state index in [1.165, 1.54) is 0 Å². The lowest BCUT2D eigenvalue weighted by Gasteiger charge is -2.22. The zero-order chi connectivity index (χ0) is 8.27. The van der Waals surface area contributed by atoms with Crippen molar-refractivity contribution in [3.63, 3.8) is 0 Å². The van der Waals surface area contributed by atoms with E-state index in [4.69, 9.17) is 5.11 Å². The smallest absolute Gasteiger partial charge is 0.288 e. The normalized spacial score (nSPS) is 19.2. The van der Waals surface area contributed by atoms with Crippen molar-refractivity contribution in [1.82, 2.24) is 4.90 Å².